The Balaban J connectivity index is 1.67. The second-order valence-corrected chi connectivity index (χ2v) is 5.26. The van der Waals surface area contributed by atoms with Crippen molar-refractivity contribution in [1.82, 2.24) is 15.8 Å². The number of rotatable bonds is 2. The Morgan fingerprint density at radius 3 is 2.61 bits per heavy atom. The van der Waals surface area contributed by atoms with Gasteiger partial charge in [0, 0.05) is 30.9 Å². The molecule has 3 N–H and O–H groups in total. The summed E-state index contributed by atoms with van der Waals surface area (Å²) in [6.45, 7) is 2.14. The highest BCUT2D eigenvalue weighted by Crippen LogP contribution is 2.28. The van der Waals surface area contributed by atoms with Gasteiger partial charge >= 0.3 is 0 Å². The second-order valence-electron chi connectivity index (χ2n) is 5.26. The topological polar surface area (TPSA) is 94.3 Å². The van der Waals surface area contributed by atoms with Crippen molar-refractivity contribution in [2.75, 3.05) is 11.4 Å². The maximum Gasteiger partial charge on any atom is 0.286 e. The van der Waals surface area contributed by atoms with Crippen LogP contribution >= 0.6 is 0 Å². The lowest BCUT2D eigenvalue weighted by atomic mass is 10.1. The molecule has 3 rings (SSSR count). The predicted octanol–water partition coefficient (Wildman–Crippen LogP) is 0.998. The van der Waals surface area contributed by atoms with Crippen molar-refractivity contribution in [2.45, 2.75) is 13.3 Å². The molecule has 1 aromatic carbocycles. The molecule has 23 heavy (non-hydrogen) atoms. The zero-order valence-electron chi connectivity index (χ0n) is 12.6. The standard InChI is InChI=1S/C16H16N4O3/c1-10(21)20-8-6-11-9-12(4-5-14(11)20)15(22)18-19-16(23)13-3-2-7-17-13/h2-5,7,9,17H,6,8H2,1H3,(H,18,22)(H,19,23). The van der Waals surface area contributed by atoms with E-state index in [1.54, 1.807) is 41.4 Å². The molecule has 7 heteroatoms. The fourth-order valence-corrected chi connectivity index (χ4v) is 2.59. The molecule has 0 aliphatic carbocycles. The minimum atomic E-state index is -0.424. The van der Waals surface area contributed by atoms with E-state index in [4.69, 9.17) is 0 Å². The fourth-order valence-electron chi connectivity index (χ4n) is 2.59. The lowest BCUT2D eigenvalue weighted by Crippen LogP contribution is -2.41. The predicted molar refractivity (Wildman–Crippen MR) is 83.9 cm³/mol. The van der Waals surface area contributed by atoms with Crippen LogP contribution in [0.2, 0.25) is 0 Å². The highest BCUT2D eigenvalue weighted by atomic mass is 16.2. The molecule has 0 radical (unpaired) electrons. The van der Waals surface area contributed by atoms with Crippen LogP contribution in [0.5, 0.6) is 0 Å². The average Bonchev–Trinajstić information content (AvgIpc) is 3.20. The van der Waals surface area contributed by atoms with E-state index in [9.17, 15) is 14.4 Å². The van der Waals surface area contributed by atoms with Crippen LogP contribution in [-0.2, 0) is 11.2 Å². The largest absolute Gasteiger partial charge is 0.357 e. The van der Waals surface area contributed by atoms with Crippen molar-refractivity contribution in [3.63, 3.8) is 0 Å². The molecule has 0 saturated carbocycles. The number of hydrogen-bond donors (Lipinski definition) is 3. The third-order valence-electron chi connectivity index (χ3n) is 3.75. The van der Waals surface area contributed by atoms with Crippen LogP contribution in [0.25, 0.3) is 0 Å². The van der Waals surface area contributed by atoms with Gasteiger partial charge in [0.05, 0.1) is 0 Å². The van der Waals surface area contributed by atoms with Gasteiger partial charge in [0.2, 0.25) is 5.91 Å². The van der Waals surface area contributed by atoms with E-state index in [1.165, 1.54) is 6.92 Å². The lowest BCUT2D eigenvalue weighted by Gasteiger charge is -2.14. The Morgan fingerprint density at radius 1 is 1.13 bits per heavy atom. The first-order chi connectivity index (χ1) is 11.1. The Morgan fingerprint density at radius 2 is 1.91 bits per heavy atom. The quantitative estimate of drug-likeness (QED) is 0.722. The van der Waals surface area contributed by atoms with Crippen LogP contribution in [0.3, 0.4) is 0 Å². The Kier molecular flexibility index (Phi) is 3.84. The van der Waals surface area contributed by atoms with E-state index in [0.717, 1.165) is 11.3 Å². The fraction of sp³-hybridized carbons (Fsp3) is 0.188. The minimum absolute atomic E-state index is 0.0147. The number of hydrogen-bond acceptors (Lipinski definition) is 3. The van der Waals surface area contributed by atoms with Gasteiger partial charge < -0.3 is 9.88 Å². The normalized spacial score (nSPS) is 12.7. The number of nitrogens with one attached hydrogen (secondary N) is 3. The van der Waals surface area contributed by atoms with Gasteiger partial charge in [0.25, 0.3) is 11.8 Å². The van der Waals surface area contributed by atoms with E-state index < -0.39 is 11.8 Å². The van der Waals surface area contributed by atoms with Gasteiger partial charge in [-0.05, 0) is 42.3 Å². The maximum atomic E-state index is 12.1. The molecular formula is C16H16N4O3. The van der Waals surface area contributed by atoms with Gasteiger partial charge in [-0.2, -0.15) is 0 Å². The Hall–Kier alpha value is -3.09. The van der Waals surface area contributed by atoms with Gasteiger partial charge in [0.15, 0.2) is 0 Å². The third-order valence-corrected chi connectivity index (χ3v) is 3.75. The summed E-state index contributed by atoms with van der Waals surface area (Å²) in [5.41, 5.74) is 7.29. The molecule has 2 aromatic rings. The molecule has 0 unspecified atom stereocenters. The van der Waals surface area contributed by atoms with Crippen LogP contribution in [0.1, 0.15) is 33.3 Å². The number of carbonyl (C=O) groups excluding carboxylic acids is 3. The first-order valence-corrected chi connectivity index (χ1v) is 7.21. The van der Waals surface area contributed by atoms with E-state index in [-0.39, 0.29) is 5.91 Å². The van der Waals surface area contributed by atoms with Crippen molar-refractivity contribution < 1.29 is 14.4 Å². The number of aromatic nitrogens is 1. The van der Waals surface area contributed by atoms with Crippen molar-refractivity contribution >= 4 is 23.4 Å². The summed E-state index contributed by atoms with van der Waals surface area (Å²) in [5, 5.41) is 0. The van der Waals surface area contributed by atoms with Crippen molar-refractivity contribution in [3.05, 3.63) is 53.3 Å². The maximum absolute atomic E-state index is 12.1. The molecule has 7 nitrogen and oxygen atoms in total. The van der Waals surface area contributed by atoms with Crippen LogP contribution < -0.4 is 15.8 Å². The number of carbonyl (C=O) groups is 3. The van der Waals surface area contributed by atoms with E-state index in [0.29, 0.717) is 24.2 Å². The molecule has 1 aliphatic heterocycles. The molecule has 0 spiro atoms. The minimum Gasteiger partial charge on any atom is -0.357 e. The molecular weight excluding hydrogens is 296 g/mol. The molecule has 1 aliphatic rings. The van der Waals surface area contributed by atoms with Gasteiger partial charge in [-0.15, -0.1) is 0 Å². The zero-order valence-corrected chi connectivity index (χ0v) is 12.6. The summed E-state index contributed by atoms with van der Waals surface area (Å²) in [5.74, 6) is -0.847. The molecule has 118 valence electrons. The number of aromatic amines is 1. The molecule has 0 bridgehead atoms. The first-order valence-electron chi connectivity index (χ1n) is 7.21. The van der Waals surface area contributed by atoms with Crippen LogP contribution in [0.4, 0.5) is 5.69 Å². The number of hydrazine groups is 1. The van der Waals surface area contributed by atoms with Crippen molar-refractivity contribution in [3.8, 4) is 0 Å². The van der Waals surface area contributed by atoms with Crippen LogP contribution in [-0.4, -0.2) is 29.3 Å². The van der Waals surface area contributed by atoms with Crippen LogP contribution in [0.15, 0.2) is 36.5 Å². The first kappa shape index (κ1) is 14.8. The summed E-state index contributed by atoms with van der Waals surface area (Å²) >= 11 is 0. The van der Waals surface area contributed by atoms with Gasteiger partial charge in [0.1, 0.15) is 5.69 Å². The van der Waals surface area contributed by atoms with E-state index >= 15 is 0 Å². The Labute approximate surface area is 132 Å². The number of amides is 3. The number of fused-ring (bicyclic) bond motifs is 1. The second kappa shape index (κ2) is 5.96. The van der Waals surface area contributed by atoms with Crippen molar-refractivity contribution in [1.29, 1.82) is 0 Å². The van der Waals surface area contributed by atoms with Gasteiger partial charge in [-0.1, -0.05) is 0 Å². The van der Waals surface area contributed by atoms with Gasteiger partial charge in [-0.3, -0.25) is 25.2 Å². The molecule has 0 fully saturated rings. The highest BCUT2D eigenvalue weighted by molar-refractivity contribution is 6.00. The lowest BCUT2D eigenvalue weighted by molar-refractivity contribution is -0.116. The monoisotopic (exact) mass is 312 g/mol. The summed E-state index contributed by atoms with van der Waals surface area (Å²) in [7, 11) is 0. The SMILES string of the molecule is CC(=O)N1CCc2cc(C(=O)NNC(=O)c3ccc[nH]3)ccc21. The zero-order chi connectivity index (χ0) is 16.4. The van der Waals surface area contributed by atoms with Crippen LogP contribution in [0, 0.1) is 0 Å². The highest BCUT2D eigenvalue weighted by Gasteiger charge is 2.23. The van der Waals surface area contributed by atoms with Crippen molar-refractivity contribution in [2.24, 2.45) is 0 Å². The number of benzene rings is 1. The molecule has 0 saturated heterocycles. The van der Waals surface area contributed by atoms with E-state index in [2.05, 4.69) is 15.8 Å². The third kappa shape index (κ3) is 2.94. The summed E-state index contributed by atoms with van der Waals surface area (Å²) < 4.78 is 0. The molecule has 0 atom stereocenters. The van der Waals surface area contributed by atoms with E-state index in [1.807, 2.05) is 0 Å². The number of nitrogens with zero attached hydrogens (tertiary/aromatic N) is 1. The summed E-state index contributed by atoms with van der Waals surface area (Å²) in [6, 6.07) is 8.43. The summed E-state index contributed by atoms with van der Waals surface area (Å²) in [4.78, 5) is 39.8. The molecule has 1 aromatic heterocycles. The smallest absolute Gasteiger partial charge is 0.286 e. The number of anilines is 1. The average molecular weight is 312 g/mol. The molecule has 3 amide bonds. The van der Waals surface area contributed by atoms with Gasteiger partial charge in [-0.25, -0.2) is 0 Å². The molecule has 2 heterocycles. The summed E-state index contributed by atoms with van der Waals surface area (Å²) in [6.07, 6.45) is 2.34. The number of H-pyrrole nitrogens is 1. The Bertz CT molecular complexity index is 768.